The minimum Gasteiger partial charge on any atom is -0.782 e. The molecule has 9 heteroatoms. The molecule has 0 atom stereocenters. The number of carbonyl (C=O) groups is 2. The van der Waals surface area contributed by atoms with Crippen LogP contribution in [0.4, 0.5) is 0 Å². The molecule has 4 radical (unpaired) electrons. The number of unbranched alkanes of at least 4 members (excludes halogenated alkanes) is 2. The van der Waals surface area contributed by atoms with Crippen LogP contribution in [0.25, 0.3) is 0 Å². The van der Waals surface area contributed by atoms with Gasteiger partial charge in [0.05, 0.1) is 13.2 Å². The van der Waals surface area contributed by atoms with Crippen LogP contribution in [0, 0.1) is 13.8 Å². The van der Waals surface area contributed by atoms with Crippen molar-refractivity contribution in [3.8, 4) is 0 Å². The van der Waals surface area contributed by atoms with Crippen LogP contribution in [-0.2, 0) is 53.8 Å². The Bertz CT molecular complexity index is 266. The summed E-state index contributed by atoms with van der Waals surface area (Å²) >= 11 is 8.87. The number of rotatable bonds is 12. The van der Waals surface area contributed by atoms with Gasteiger partial charge in [0.2, 0.25) is 0 Å². The van der Waals surface area contributed by atoms with Crippen LogP contribution >= 0.6 is 0 Å². The van der Waals surface area contributed by atoms with Gasteiger partial charge in [-0.05, 0) is 13.8 Å². The van der Waals surface area contributed by atoms with Gasteiger partial charge in [0.1, 0.15) is 13.2 Å². The largest absolute Gasteiger partial charge is 2.00 e. The van der Waals surface area contributed by atoms with Crippen LogP contribution in [0.3, 0.4) is 0 Å². The average Bonchev–Trinajstić information content (AvgIpc) is 2.74. The normalized spacial score (nSPS) is 8.55. The second-order valence-electron chi connectivity index (χ2n) is 4.83. The van der Waals surface area contributed by atoms with Crippen molar-refractivity contribution in [1.29, 1.82) is 0 Å². The molecule has 0 aliphatic carbocycles. The molecule has 6 nitrogen and oxygen atoms in total. The third kappa shape index (κ3) is 58.5. The minimum absolute atomic E-state index is 0. The van der Waals surface area contributed by atoms with Gasteiger partial charge in [-0.1, -0.05) is 64.9 Å². The first-order valence-electron chi connectivity index (χ1n) is 9.66. The maximum atomic E-state index is 10.4. The van der Waals surface area contributed by atoms with Gasteiger partial charge in [-0.3, -0.25) is 9.59 Å². The van der Waals surface area contributed by atoms with Gasteiger partial charge in [-0.2, -0.15) is 0 Å². The maximum Gasteiger partial charge on any atom is 2.00 e. The Hall–Kier alpha value is 0.359. The van der Waals surface area contributed by atoms with E-state index in [1.807, 2.05) is 13.8 Å². The first kappa shape index (κ1) is 39.8. The molecule has 0 heterocycles. The molecule has 29 heavy (non-hydrogen) atoms. The Kier molecular flexibility index (Phi) is 58.3. The summed E-state index contributed by atoms with van der Waals surface area (Å²) in [7, 11) is 0. The second kappa shape index (κ2) is 42.5. The van der Waals surface area contributed by atoms with E-state index < -0.39 is 0 Å². The predicted octanol–water partition coefficient (Wildman–Crippen LogP) is 3.09. The van der Waals surface area contributed by atoms with E-state index in [0.29, 0.717) is 39.6 Å². The standard InChI is InChI=1S/2C6H12O3S.2C4H9.Sn/c2*1-2-8-3-4-9-6(7)5-10;2*1-3-4-2;/h2*10H,2-5H2,1H3;2*1,3-4H2,2H3;/q;;;;+2/p-2. The smallest absolute Gasteiger partial charge is 0.782 e. The van der Waals surface area contributed by atoms with Crippen LogP contribution in [0.15, 0.2) is 0 Å². The Morgan fingerprint density at radius 1 is 0.690 bits per heavy atom. The summed E-state index contributed by atoms with van der Waals surface area (Å²) in [6.07, 6.45) is 4.56. The average molecular weight is 559 g/mol. The molecule has 0 unspecified atom stereocenters. The van der Waals surface area contributed by atoms with Gasteiger partial charge in [0.15, 0.2) is 0 Å². The van der Waals surface area contributed by atoms with E-state index in [1.165, 1.54) is 12.8 Å². The molecule has 0 amide bonds. The number of hydrogen-bond acceptors (Lipinski definition) is 8. The Morgan fingerprint density at radius 3 is 1.14 bits per heavy atom. The zero-order valence-corrected chi connectivity index (χ0v) is 23.2. The van der Waals surface area contributed by atoms with E-state index in [4.69, 9.17) is 9.47 Å². The van der Waals surface area contributed by atoms with Crippen LogP contribution in [0.5, 0.6) is 0 Å². The predicted molar refractivity (Wildman–Crippen MR) is 126 cm³/mol. The van der Waals surface area contributed by atoms with Gasteiger partial charge in [0, 0.05) is 13.2 Å². The molecule has 0 aromatic rings. The minimum atomic E-state index is -0.352. The topological polar surface area (TPSA) is 71.1 Å². The fraction of sp³-hybridized carbons (Fsp3) is 0.800. The number of esters is 2. The SMILES string of the molecule is CCOCCOC(=O)C[S-].CCOCCOC(=O)C[S-].[CH2]CCC.[CH2]CCC.[Sn+2]. The zero-order valence-electron chi connectivity index (χ0n) is 18.7. The van der Waals surface area contributed by atoms with E-state index >= 15 is 0 Å². The van der Waals surface area contributed by atoms with Gasteiger partial charge < -0.3 is 44.2 Å². The molecule has 0 saturated heterocycles. The van der Waals surface area contributed by atoms with Crippen molar-refractivity contribution < 1.29 is 28.5 Å². The van der Waals surface area contributed by atoms with Crippen LogP contribution in [0.2, 0.25) is 0 Å². The zero-order chi connectivity index (χ0) is 22.5. The van der Waals surface area contributed by atoms with E-state index in [9.17, 15) is 9.59 Å². The van der Waals surface area contributed by atoms with Crippen LogP contribution in [0.1, 0.15) is 53.4 Å². The molecule has 0 aliphatic heterocycles. The quantitative estimate of drug-likeness (QED) is 0.157. The second-order valence-corrected chi connectivity index (χ2v) is 5.41. The number of hydrogen-bond donors (Lipinski definition) is 0. The van der Waals surface area contributed by atoms with Crippen molar-refractivity contribution in [2.75, 3.05) is 51.1 Å². The summed E-state index contributed by atoms with van der Waals surface area (Å²) in [6, 6.07) is 0. The summed E-state index contributed by atoms with van der Waals surface area (Å²) in [5, 5.41) is 0. The van der Waals surface area contributed by atoms with Crippen molar-refractivity contribution in [3.05, 3.63) is 13.8 Å². The van der Waals surface area contributed by atoms with Gasteiger partial charge >= 0.3 is 23.9 Å². The molecular weight excluding hydrogens is 519 g/mol. The molecule has 172 valence electrons. The molecular formula is C20H40O6S2Sn. The Labute approximate surface area is 207 Å². The molecule has 0 saturated carbocycles. The van der Waals surface area contributed by atoms with Crippen LogP contribution in [-0.4, -0.2) is 87.0 Å². The van der Waals surface area contributed by atoms with Gasteiger partial charge in [-0.25, -0.2) is 0 Å². The molecule has 0 bridgehead atoms. The van der Waals surface area contributed by atoms with Crippen molar-refractivity contribution in [2.45, 2.75) is 53.4 Å². The molecule has 0 aromatic carbocycles. The first-order chi connectivity index (χ1) is 13.4. The third-order valence-corrected chi connectivity index (χ3v) is 2.80. The molecule has 0 N–H and O–H groups in total. The summed E-state index contributed by atoms with van der Waals surface area (Å²) in [6.45, 7) is 18.0. The molecule has 0 fully saturated rings. The summed E-state index contributed by atoms with van der Waals surface area (Å²) < 4.78 is 19.1. The van der Waals surface area contributed by atoms with E-state index in [-0.39, 0.29) is 47.4 Å². The number of carbonyl (C=O) groups excluding carboxylic acids is 2. The fourth-order valence-electron chi connectivity index (χ4n) is 0.801. The third-order valence-electron chi connectivity index (χ3n) is 2.33. The van der Waals surface area contributed by atoms with Crippen molar-refractivity contribution in [1.82, 2.24) is 0 Å². The molecule has 0 aromatic heterocycles. The van der Waals surface area contributed by atoms with Gasteiger partial charge in [0.25, 0.3) is 11.9 Å². The first-order valence-corrected chi connectivity index (χ1v) is 10.8. The van der Waals surface area contributed by atoms with Crippen LogP contribution < -0.4 is 0 Å². The summed E-state index contributed by atoms with van der Waals surface area (Å²) in [5.41, 5.74) is 0. The van der Waals surface area contributed by atoms with Crippen molar-refractivity contribution in [2.24, 2.45) is 0 Å². The summed E-state index contributed by atoms with van der Waals surface area (Å²) in [4.78, 5) is 20.8. The van der Waals surface area contributed by atoms with E-state index in [2.05, 4.69) is 62.4 Å². The summed E-state index contributed by atoms with van der Waals surface area (Å²) in [5.74, 6) is -0.664. The maximum absolute atomic E-state index is 10.4. The Balaban J connectivity index is -0.0000000950. The fourth-order valence-corrected chi connectivity index (χ4v) is 0.968. The number of ether oxygens (including phenoxy) is 4. The molecule has 0 spiro atoms. The Morgan fingerprint density at radius 2 is 0.966 bits per heavy atom. The van der Waals surface area contributed by atoms with Gasteiger partial charge in [-0.15, -0.1) is 0 Å². The van der Waals surface area contributed by atoms with Crippen molar-refractivity contribution in [3.63, 3.8) is 0 Å². The molecule has 0 aliphatic rings. The molecule has 0 rings (SSSR count). The van der Waals surface area contributed by atoms with E-state index in [1.54, 1.807) is 0 Å². The van der Waals surface area contributed by atoms with E-state index in [0.717, 1.165) is 12.8 Å². The monoisotopic (exact) mass is 560 g/mol. The van der Waals surface area contributed by atoms with Crippen molar-refractivity contribution >= 4 is 61.1 Å².